The molecule has 0 aliphatic heterocycles. The Morgan fingerprint density at radius 3 is 2.04 bits per heavy atom. The van der Waals surface area contributed by atoms with Gasteiger partial charge in [0.1, 0.15) is 0 Å². The van der Waals surface area contributed by atoms with Crippen LogP contribution in [-0.2, 0) is 19.6 Å². The van der Waals surface area contributed by atoms with Gasteiger partial charge >= 0.3 is 0 Å². The fourth-order valence-corrected chi connectivity index (χ4v) is 6.79. The molecule has 0 spiro atoms. The number of carbonyl (C=O) groups excluding carboxylic acids is 2. The monoisotopic (exact) mass is 704 g/mol. The van der Waals surface area contributed by atoms with E-state index in [2.05, 4.69) is 9.71 Å². The van der Waals surface area contributed by atoms with E-state index in [1.807, 2.05) is 67.8 Å². The molecular weight excluding hydrogens is 691 g/mol. The standard InChI is InChI=1S/C13H14I3N3O5S/c1-5(20)17-11-8(14)7(13(22)18-25(4,23)24)9(15)12(10(11)16)19(3)6(2)21/h1-4H3,(H,17,20)(H,18,22)/p-1. The molecule has 1 aromatic rings. The van der Waals surface area contributed by atoms with Crippen molar-refractivity contribution in [1.29, 1.82) is 0 Å². The lowest BCUT2D eigenvalue weighted by Gasteiger charge is -2.26. The second-order valence-corrected chi connectivity index (χ2v) is 9.81. The molecule has 1 aromatic carbocycles. The first-order valence-electron chi connectivity index (χ1n) is 6.47. The SMILES string of the molecule is CC(=O)Nc1c(I)c(/C([O-])=N/S(C)(=O)=O)c(I)c(N(C)C(C)=O)c1I. The minimum absolute atomic E-state index is 0.0129. The van der Waals surface area contributed by atoms with Crippen LogP contribution in [0.25, 0.3) is 0 Å². The molecule has 0 atom stereocenters. The molecule has 2 amide bonds. The quantitative estimate of drug-likeness (QED) is 0.290. The number of hydrogen-bond acceptors (Lipinski definition) is 5. The van der Waals surface area contributed by atoms with Gasteiger partial charge in [-0.05, 0) is 67.8 Å². The number of nitrogens with one attached hydrogen (secondary N) is 1. The average molecular weight is 704 g/mol. The van der Waals surface area contributed by atoms with Gasteiger partial charge in [0.05, 0.1) is 21.2 Å². The predicted molar refractivity (Wildman–Crippen MR) is 119 cm³/mol. The van der Waals surface area contributed by atoms with Gasteiger partial charge in [-0.1, -0.05) is 0 Å². The molecule has 138 valence electrons. The van der Waals surface area contributed by atoms with E-state index in [0.717, 1.165) is 6.26 Å². The van der Waals surface area contributed by atoms with Crippen molar-refractivity contribution >= 4 is 107 Å². The summed E-state index contributed by atoms with van der Waals surface area (Å²) in [4.78, 5) is 24.6. The molecule has 0 fully saturated rings. The third-order valence-electron chi connectivity index (χ3n) is 2.87. The number of rotatable bonds is 4. The van der Waals surface area contributed by atoms with Crippen LogP contribution in [-0.4, -0.2) is 39.4 Å². The Morgan fingerprint density at radius 1 is 1.12 bits per heavy atom. The van der Waals surface area contributed by atoms with Crippen LogP contribution in [0.3, 0.4) is 0 Å². The number of sulfonamides is 1. The van der Waals surface area contributed by atoms with Crippen molar-refractivity contribution in [3.05, 3.63) is 16.3 Å². The number of halogens is 3. The van der Waals surface area contributed by atoms with Crippen LogP contribution in [0.2, 0.25) is 0 Å². The average Bonchev–Trinajstić information content (AvgIpc) is 2.41. The fourth-order valence-electron chi connectivity index (χ4n) is 1.77. The molecule has 0 unspecified atom stereocenters. The van der Waals surface area contributed by atoms with Gasteiger partial charge in [-0.25, -0.2) is 8.42 Å². The summed E-state index contributed by atoms with van der Waals surface area (Å²) in [5.41, 5.74) is 0.730. The third kappa shape index (κ3) is 5.62. The normalized spacial score (nSPS) is 12.0. The highest BCUT2D eigenvalue weighted by Crippen LogP contribution is 2.40. The smallest absolute Gasteiger partial charge is 0.249 e. The Balaban J connectivity index is 3.95. The summed E-state index contributed by atoms with van der Waals surface area (Å²) in [7, 11) is -2.38. The molecule has 1 rings (SSSR count). The molecule has 25 heavy (non-hydrogen) atoms. The number of nitrogens with zero attached hydrogens (tertiary/aromatic N) is 2. The van der Waals surface area contributed by atoms with Crippen LogP contribution in [0.5, 0.6) is 0 Å². The summed E-state index contributed by atoms with van der Waals surface area (Å²) in [5.74, 6) is -1.62. The minimum Gasteiger partial charge on any atom is -0.858 e. The molecule has 0 saturated heterocycles. The molecule has 0 radical (unpaired) electrons. The Hall–Kier alpha value is -0.230. The highest BCUT2D eigenvalue weighted by Gasteiger charge is 2.25. The van der Waals surface area contributed by atoms with Crippen molar-refractivity contribution in [1.82, 2.24) is 0 Å². The molecular formula is C13H13I3N3O5S-. The molecule has 0 aliphatic rings. The number of hydrogen-bond donors (Lipinski definition) is 1. The van der Waals surface area contributed by atoms with Crippen molar-refractivity contribution < 1.29 is 23.1 Å². The van der Waals surface area contributed by atoms with E-state index in [1.165, 1.54) is 25.8 Å². The van der Waals surface area contributed by atoms with E-state index < -0.39 is 15.9 Å². The first-order valence-corrected chi connectivity index (χ1v) is 11.6. The number of amides is 2. The second-order valence-electron chi connectivity index (χ2n) is 4.93. The van der Waals surface area contributed by atoms with Crippen molar-refractivity contribution in [3.8, 4) is 0 Å². The van der Waals surface area contributed by atoms with Crippen LogP contribution in [0, 0.1) is 10.7 Å². The van der Waals surface area contributed by atoms with Gasteiger partial charge in [0, 0.05) is 39.5 Å². The van der Waals surface area contributed by atoms with Crippen molar-refractivity contribution in [2.24, 2.45) is 4.40 Å². The van der Waals surface area contributed by atoms with Crippen molar-refractivity contribution in [3.63, 3.8) is 0 Å². The maximum absolute atomic E-state index is 12.4. The zero-order chi connectivity index (χ0) is 19.7. The summed E-state index contributed by atoms with van der Waals surface area (Å²) in [6, 6.07) is 0. The molecule has 0 bridgehead atoms. The van der Waals surface area contributed by atoms with Gasteiger partial charge in [0.25, 0.3) is 0 Å². The molecule has 8 nitrogen and oxygen atoms in total. The number of anilines is 2. The second kappa shape index (κ2) is 8.64. The van der Waals surface area contributed by atoms with Gasteiger partial charge in [-0.2, -0.15) is 4.40 Å². The van der Waals surface area contributed by atoms with Gasteiger partial charge < -0.3 is 15.3 Å². The fraction of sp³-hybridized carbons (Fsp3) is 0.308. The van der Waals surface area contributed by atoms with Crippen LogP contribution in [0.15, 0.2) is 4.40 Å². The van der Waals surface area contributed by atoms with Gasteiger partial charge in [-0.15, -0.1) is 0 Å². The third-order valence-corrected chi connectivity index (χ3v) is 6.54. The molecule has 1 N–H and O–H groups in total. The lowest BCUT2D eigenvalue weighted by Crippen LogP contribution is -2.29. The Morgan fingerprint density at radius 2 is 1.64 bits per heavy atom. The predicted octanol–water partition coefficient (Wildman–Crippen LogP) is 1.51. The van der Waals surface area contributed by atoms with Crippen LogP contribution < -0.4 is 15.3 Å². The van der Waals surface area contributed by atoms with Crippen molar-refractivity contribution in [2.75, 3.05) is 23.5 Å². The van der Waals surface area contributed by atoms with E-state index >= 15 is 0 Å². The summed E-state index contributed by atoms with van der Waals surface area (Å²) < 4.78 is 27.2. The minimum atomic E-state index is -3.90. The number of carbonyl (C=O) groups is 2. The Kier molecular flexibility index (Phi) is 7.88. The van der Waals surface area contributed by atoms with Crippen LogP contribution in [0.1, 0.15) is 19.4 Å². The van der Waals surface area contributed by atoms with E-state index in [4.69, 9.17) is 0 Å². The summed E-state index contributed by atoms with van der Waals surface area (Å²) in [6.45, 7) is 2.66. The Labute approximate surface area is 186 Å². The van der Waals surface area contributed by atoms with Crippen LogP contribution >= 0.6 is 67.8 Å². The van der Waals surface area contributed by atoms with E-state index in [1.54, 1.807) is 0 Å². The van der Waals surface area contributed by atoms with Crippen molar-refractivity contribution in [2.45, 2.75) is 13.8 Å². The van der Waals surface area contributed by atoms with Crippen LogP contribution in [0.4, 0.5) is 11.4 Å². The molecule has 0 aromatic heterocycles. The first kappa shape index (κ1) is 22.8. The van der Waals surface area contributed by atoms with Gasteiger partial charge in [0.2, 0.25) is 21.8 Å². The molecule has 0 aliphatic carbocycles. The van der Waals surface area contributed by atoms with Gasteiger partial charge in [0.15, 0.2) is 0 Å². The number of benzene rings is 1. The molecule has 0 saturated carbocycles. The Bertz CT molecular complexity index is 884. The lowest BCUT2D eigenvalue weighted by atomic mass is 10.1. The maximum atomic E-state index is 12.4. The molecule has 0 heterocycles. The summed E-state index contributed by atoms with van der Waals surface area (Å²) in [6.07, 6.45) is 0.814. The topological polar surface area (TPSA) is 119 Å². The largest absolute Gasteiger partial charge is 0.858 e. The van der Waals surface area contributed by atoms with E-state index in [9.17, 15) is 23.1 Å². The van der Waals surface area contributed by atoms with E-state index in [-0.39, 0.29) is 17.4 Å². The molecule has 12 heteroatoms. The van der Waals surface area contributed by atoms with E-state index in [0.29, 0.717) is 22.1 Å². The highest BCUT2D eigenvalue weighted by molar-refractivity contribution is 14.1. The lowest BCUT2D eigenvalue weighted by molar-refractivity contribution is -0.212. The van der Waals surface area contributed by atoms with Gasteiger partial charge in [-0.3, -0.25) is 9.59 Å². The summed E-state index contributed by atoms with van der Waals surface area (Å²) in [5, 5.41) is 15.0. The first-order chi connectivity index (χ1) is 11.3. The summed E-state index contributed by atoms with van der Waals surface area (Å²) >= 11 is 5.68. The zero-order valence-corrected chi connectivity index (χ0v) is 20.8. The maximum Gasteiger partial charge on any atom is 0.249 e. The highest BCUT2D eigenvalue weighted by atomic mass is 127. The zero-order valence-electron chi connectivity index (χ0n) is 13.5.